The number of fused-ring (bicyclic) bond motifs is 1. The Morgan fingerprint density at radius 1 is 1.30 bits per heavy atom. The van der Waals surface area contributed by atoms with Crippen LogP contribution in [0.4, 0.5) is 11.8 Å². The summed E-state index contributed by atoms with van der Waals surface area (Å²) in [6, 6.07) is 1.80. The van der Waals surface area contributed by atoms with Crippen LogP contribution in [0.2, 0.25) is 5.15 Å². The fourth-order valence-corrected chi connectivity index (χ4v) is 3.45. The number of hydrogen-bond acceptors (Lipinski definition) is 8. The lowest BCUT2D eigenvalue weighted by Gasteiger charge is -2.35. The van der Waals surface area contributed by atoms with E-state index in [4.69, 9.17) is 26.8 Å². The fourth-order valence-electron chi connectivity index (χ4n) is 3.18. The van der Waals surface area contributed by atoms with Gasteiger partial charge in [0.05, 0.1) is 38.2 Å². The summed E-state index contributed by atoms with van der Waals surface area (Å²) in [7, 11) is 3.12. The predicted molar refractivity (Wildman–Crippen MR) is 103 cm³/mol. The standard InChI is InChI=1S/C18H22ClN5O3/c1-9(2)11-8-24(7-10-5-12(26-3)13(27-4)6-21-10)17-14(15(11)25)16(19)22-18(20)23-17/h5-6,9,11H,7-8H2,1-4H3,(H2,20,22,23). The molecule has 0 saturated carbocycles. The molecule has 0 fully saturated rings. The third kappa shape index (κ3) is 3.62. The van der Waals surface area contributed by atoms with Gasteiger partial charge in [0.1, 0.15) is 11.0 Å². The molecule has 1 atom stereocenters. The molecule has 8 nitrogen and oxygen atoms in total. The molecule has 0 amide bonds. The van der Waals surface area contributed by atoms with Gasteiger partial charge in [0, 0.05) is 18.5 Å². The quantitative estimate of drug-likeness (QED) is 0.775. The highest BCUT2D eigenvalue weighted by atomic mass is 35.5. The summed E-state index contributed by atoms with van der Waals surface area (Å²) < 4.78 is 10.6. The van der Waals surface area contributed by atoms with Gasteiger partial charge < -0.3 is 20.1 Å². The molecule has 0 aromatic carbocycles. The zero-order chi connectivity index (χ0) is 19.7. The number of ether oxygens (including phenoxy) is 2. The average Bonchev–Trinajstić information content (AvgIpc) is 2.62. The Morgan fingerprint density at radius 2 is 2.00 bits per heavy atom. The lowest BCUT2D eigenvalue weighted by Crippen LogP contribution is -2.42. The molecule has 0 spiro atoms. The van der Waals surface area contributed by atoms with Crippen LogP contribution in [-0.4, -0.2) is 41.5 Å². The third-order valence-electron chi connectivity index (χ3n) is 4.65. The molecule has 2 aromatic rings. The number of nitrogens with two attached hydrogens (primary N) is 1. The molecule has 1 unspecified atom stereocenters. The van der Waals surface area contributed by atoms with Crippen molar-refractivity contribution in [1.82, 2.24) is 15.0 Å². The zero-order valence-corrected chi connectivity index (χ0v) is 16.4. The summed E-state index contributed by atoms with van der Waals surface area (Å²) in [6.45, 7) is 4.92. The summed E-state index contributed by atoms with van der Waals surface area (Å²) in [4.78, 5) is 27.5. The lowest BCUT2D eigenvalue weighted by atomic mass is 9.85. The first-order valence-corrected chi connectivity index (χ1v) is 8.92. The number of aromatic nitrogens is 3. The highest BCUT2D eigenvalue weighted by Crippen LogP contribution is 2.36. The maximum absolute atomic E-state index is 12.9. The van der Waals surface area contributed by atoms with E-state index < -0.39 is 0 Å². The molecule has 2 aromatic heterocycles. The van der Waals surface area contributed by atoms with Gasteiger partial charge in [-0.2, -0.15) is 4.98 Å². The largest absolute Gasteiger partial charge is 0.493 e. The molecule has 0 bridgehead atoms. The SMILES string of the molecule is COc1cnc(CN2CC(C(C)C)C(=O)c3c(Cl)nc(N)nc32)cc1OC. The summed E-state index contributed by atoms with van der Waals surface area (Å²) >= 11 is 6.24. The smallest absolute Gasteiger partial charge is 0.223 e. The first kappa shape index (κ1) is 19.2. The van der Waals surface area contributed by atoms with Gasteiger partial charge in [0.15, 0.2) is 17.3 Å². The van der Waals surface area contributed by atoms with E-state index in [2.05, 4.69) is 15.0 Å². The molecule has 1 aliphatic rings. The highest BCUT2D eigenvalue weighted by molar-refractivity contribution is 6.34. The van der Waals surface area contributed by atoms with Gasteiger partial charge in [-0.1, -0.05) is 25.4 Å². The Kier molecular flexibility index (Phi) is 5.36. The van der Waals surface area contributed by atoms with Crippen LogP contribution >= 0.6 is 11.6 Å². The van der Waals surface area contributed by atoms with Crippen molar-refractivity contribution in [2.45, 2.75) is 20.4 Å². The van der Waals surface area contributed by atoms with Crippen molar-refractivity contribution in [3.63, 3.8) is 0 Å². The van der Waals surface area contributed by atoms with Crippen molar-refractivity contribution in [3.8, 4) is 11.5 Å². The molecule has 0 saturated heterocycles. The minimum absolute atomic E-state index is 0.0276. The number of carbonyl (C=O) groups is 1. The predicted octanol–water partition coefficient (Wildman–Crippen LogP) is 2.60. The molecular formula is C18H22ClN5O3. The minimum Gasteiger partial charge on any atom is -0.493 e. The van der Waals surface area contributed by atoms with E-state index in [0.717, 1.165) is 5.69 Å². The van der Waals surface area contributed by atoms with Crippen molar-refractivity contribution in [3.05, 3.63) is 28.7 Å². The van der Waals surface area contributed by atoms with Gasteiger partial charge in [-0.3, -0.25) is 9.78 Å². The van der Waals surface area contributed by atoms with Crippen LogP contribution < -0.4 is 20.1 Å². The zero-order valence-electron chi connectivity index (χ0n) is 15.7. The summed E-state index contributed by atoms with van der Waals surface area (Å²) in [5.74, 6) is 1.46. The van der Waals surface area contributed by atoms with Gasteiger partial charge >= 0.3 is 0 Å². The minimum atomic E-state index is -0.220. The number of anilines is 2. The van der Waals surface area contributed by atoms with E-state index >= 15 is 0 Å². The van der Waals surface area contributed by atoms with Crippen molar-refractivity contribution in [2.75, 3.05) is 31.4 Å². The van der Waals surface area contributed by atoms with Crippen molar-refractivity contribution in [2.24, 2.45) is 11.8 Å². The lowest BCUT2D eigenvalue weighted by molar-refractivity contribution is 0.0880. The second kappa shape index (κ2) is 7.56. The first-order valence-electron chi connectivity index (χ1n) is 8.54. The molecule has 3 rings (SSSR count). The molecule has 2 N–H and O–H groups in total. The number of pyridine rings is 1. The summed E-state index contributed by atoms with van der Waals surface area (Å²) in [5, 5.41) is 0.0816. The number of nitrogens with zero attached hydrogens (tertiary/aromatic N) is 4. The third-order valence-corrected chi connectivity index (χ3v) is 4.92. The number of Topliss-reactive ketones (excluding diaryl/α,β-unsaturated/α-hetero) is 1. The molecule has 1 aliphatic heterocycles. The second-order valence-corrected chi connectivity index (χ2v) is 7.06. The van der Waals surface area contributed by atoms with Crippen LogP contribution in [0, 0.1) is 11.8 Å². The molecule has 9 heteroatoms. The number of halogens is 1. The van der Waals surface area contributed by atoms with Crippen molar-refractivity contribution >= 4 is 29.2 Å². The summed E-state index contributed by atoms with van der Waals surface area (Å²) in [5.41, 5.74) is 6.82. The van der Waals surface area contributed by atoms with E-state index in [-0.39, 0.29) is 28.7 Å². The Morgan fingerprint density at radius 3 is 2.63 bits per heavy atom. The normalized spacial score (nSPS) is 16.4. The van der Waals surface area contributed by atoms with Crippen LogP contribution in [0.5, 0.6) is 11.5 Å². The number of carbonyl (C=O) groups excluding carboxylic acids is 1. The van der Waals surface area contributed by atoms with E-state index in [1.807, 2.05) is 18.7 Å². The second-order valence-electron chi connectivity index (χ2n) is 6.70. The molecule has 3 heterocycles. The number of ketones is 1. The van der Waals surface area contributed by atoms with Gasteiger partial charge in [-0.15, -0.1) is 0 Å². The van der Waals surface area contributed by atoms with E-state index in [1.54, 1.807) is 26.5 Å². The number of methoxy groups -OCH3 is 2. The molecule has 0 aliphatic carbocycles. The topological polar surface area (TPSA) is 103 Å². The molecule has 0 radical (unpaired) electrons. The number of nitrogen functional groups attached to an aromatic ring is 1. The van der Waals surface area contributed by atoms with Gasteiger partial charge in [-0.05, 0) is 5.92 Å². The van der Waals surface area contributed by atoms with Crippen molar-refractivity contribution in [1.29, 1.82) is 0 Å². The molecule has 27 heavy (non-hydrogen) atoms. The monoisotopic (exact) mass is 391 g/mol. The van der Waals surface area contributed by atoms with Gasteiger partial charge in [-0.25, -0.2) is 4.98 Å². The Bertz CT molecular complexity index is 874. The van der Waals surface area contributed by atoms with E-state index in [1.165, 1.54) is 0 Å². The van der Waals surface area contributed by atoms with Crippen LogP contribution in [0.3, 0.4) is 0 Å². The first-order chi connectivity index (χ1) is 12.8. The highest BCUT2D eigenvalue weighted by Gasteiger charge is 2.37. The maximum atomic E-state index is 12.9. The van der Waals surface area contributed by atoms with E-state index in [9.17, 15) is 4.79 Å². The average molecular weight is 392 g/mol. The van der Waals surface area contributed by atoms with Crippen LogP contribution in [0.15, 0.2) is 12.3 Å². The Labute approximate surface area is 162 Å². The number of hydrogen-bond donors (Lipinski definition) is 1. The van der Waals surface area contributed by atoms with Crippen LogP contribution in [0.25, 0.3) is 0 Å². The Balaban J connectivity index is 2.02. The molecule has 144 valence electrons. The maximum Gasteiger partial charge on any atom is 0.223 e. The van der Waals surface area contributed by atoms with E-state index in [0.29, 0.717) is 36.0 Å². The summed E-state index contributed by atoms with van der Waals surface area (Å²) in [6.07, 6.45) is 1.60. The Hall–Kier alpha value is -2.61. The van der Waals surface area contributed by atoms with Crippen molar-refractivity contribution < 1.29 is 14.3 Å². The van der Waals surface area contributed by atoms with Gasteiger partial charge in [0.25, 0.3) is 0 Å². The van der Waals surface area contributed by atoms with Crippen LogP contribution in [-0.2, 0) is 6.54 Å². The van der Waals surface area contributed by atoms with Gasteiger partial charge in [0.2, 0.25) is 5.95 Å². The fraction of sp³-hybridized carbons (Fsp3) is 0.444. The number of rotatable bonds is 5. The van der Waals surface area contributed by atoms with Crippen LogP contribution in [0.1, 0.15) is 29.9 Å². The molecular weight excluding hydrogens is 370 g/mol.